The van der Waals surface area contributed by atoms with Crippen molar-refractivity contribution in [2.75, 3.05) is 11.1 Å². The highest BCUT2D eigenvalue weighted by Crippen LogP contribution is 2.21. The molecule has 0 bridgehead atoms. The molecule has 0 amide bonds. The monoisotopic (exact) mass is 237 g/mol. The van der Waals surface area contributed by atoms with Gasteiger partial charge >= 0.3 is 0 Å². The van der Waals surface area contributed by atoms with E-state index in [0.717, 1.165) is 5.69 Å². The second-order valence-corrected chi connectivity index (χ2v) is 6.09. The summed E-state index contributed by atoms with van der Waals surface area (Å²) in [7, 11) is -2.98. The number of rotatable bonds is 2. The molecule has 4 heteroatoms. The number of hydrogen-bond donors (Lipinski definition) is 1. The van der Waals surface area contributed by atoms with Gasteiger partial charge in [0.25, 0.3) is 0 Å². The molecular formula is C12H15NO2S. The van der Waals surface area contributed by atoms with Gasteiger partial charge in [-0.2, -0.15) is 0 Å². The van der Waals surface area contributed by atoms with Crippen molar-refractivity contribution in [1.29, 1.82) is 0 Å². The van der Waals surface area contributed by atoms with Crippen LogP contribution in [0, 0.1) is 13.8 Å². The fourth-order valence-electron chi connectivity index (χ4n) is 1.77. The van der Waals surface area contributed by atoms with E-state index in [1.165, 1.54) is 16.5 Å². The van der Waals surface area contributed by atoms with E-state index in [2.05, 4.69) is 5.32 Å². The average molecular weight is 237 g/mol. The van der Waals surface area contributed by atoms with Gasteiger partial charge in [-0.25, -0.2) is 8.42 Å². The number of sulfone groups is 1. The van der Waals surface area contributed by atoms with Gasteiger partial charge in [-0.3, -0.25) is 0 Å². The second kappa shape index (κ2) is 3.94. The number of aryl methyl sites for hydroxylation is 1. The summed E-state index contributed by atoms with van der Waals surface area (Å²) in [6.45, 7) is 4.08. The normalized spacial score (nSPS) is 22.2. The third kappa shape index (κ3) is 2.27. The van der Waals surface area contributed by atoms with Crippen molar-refractivity contribution < 1.29 is 8.42 Å². The summed E-state index contributed by atoms with van der Waals surface area (Å²) < 4.78 is 22.5. The molecule has 0 unspecified atom stereocenters. The first kappa shape index (κ1) is 11.2. The van der Waals surface area contributed by atoms with E-state index in [1.54, 1.807) is 6.08 Å². The highest BCUT2D eigenvalue weighted by atomic mass is 32.2. The lowest BCUT2D eigenvalue weighted by Crippen LogP contribution is -2.21. The molecule has 2 rings (SSSR count). The SMILES string of the molecule is Cc1cccc(N[C@H]2C=CS(=O)(=O)C2)c1C. The molecule has 1 heterocycles. The quantitative estimate of drug-likeness (QED) is 0.856. The smallest absolute Gasteiger partial charge is 0.173 e. The molecule has 3 nitrogen and oxygen atoms in total. The molecule has 86 valence electrons. The fraction of sp³-hybridized carbons (Fsp3) is 0.333. The number of benzene rings is 1. The summed E-state index contributed by atoms with van der Waals surface area (Å²) >= 11 is 0. The van der Waals surface area contributed by atoms with Crippen molar-refractivity contribution in [3.8, 4) is 0 Å². The molecule has 0 aliphatic carbocycles. The number of nitrogens with one attached hydrogen (secondary N) is 1. The zero-order chi connectivity index (χ0) is 11.8. The van der Waals surface area contributed by atoms with Gasteiger partial charge in [0.1, 0.15) is 0 Å². The summed E-state index contributed by atoms with van der Waals surface area (Å²) in [5.74, 6) is 0.153. The Hall–Kier alpha value is -1.29. The van der Waals surface area contributed by atoms with Gasteiger partial charge in [-0.15, -0.1) is 0 Å². The predicted octanol–water partition coefficient (Wildman–Crippen LogP) is 2.03. The second-order valence-electron chi connectivity index (χ2n) is 4.16. The van der Waals surface area contributed by atoms with Gasteiger partial charge in [0.2, 0.25) is 0 Å². The highest BCUT2D eigenvalue weighted by Gasteiger charge is 2.21. The molecule has 0 radical (unpaired) electrons. The topological polar surface area (TPSA) is 46.2 Å². The van der Waals surface area contributed by atoms with Crippen LogP contribution in [0.4, 0.5) is 5.69 Å². The first-order chi connectivity index (χ1) is 7.48. The Morgan fingerprint density at radius 2 is 2.06 bits per heavy atom. The van der Waals surface area contributed by atoms with Gasteiger partial charge in [-0.1, -0.05) is 18.2 Å². The zero-order valence-electron chi connectivity index (χ0n) is 9.40. The van der Waals surface area contributed by atoms with Crippen molar-refractivity contribution >= 4 is 15.5 Å². The van der Waals surface area contributed by atoms with E-state index in [1.807, 2.05) is 32.0 Å². The summed E-state index contributed by atoms with van der Waals surface area (Å²) in [6.07, 6.45) is 1.71. The molecule has 1 aromatic rings. The van der Waals surface area contributed by atoms with Crippen LogP contribution in [0.2, 0.25) is 0 Å². The molecule has 1 aliphatic heterocycles. The maximum absolute atomic E-state index is 11.3. The fourth-order valence-corrected chi connectivity index (χ4v) is 3.01. The van der Waals surface area contributed by atoms with Crippen molar-refractivity contribution in [2.24, 2.45) is 0 Å². The van der Waals surface area contributed by atoms with Gasteiger partial charge in [0.05, 0.1) is 11.8 Å². The van der Waals surface area contributed by atoms with Gasteiger partial charge in [0, 0.05) is 11.1 Å². The Kier molecular flexibility index (Phi) is 2.76. The summed E-state index contributed by atoms with van der Waals surface area (Å²) in [5, 5.41) is 4.53. The van der Waals surface area contributed by atoms with Crippen LogP contribution in [0.15, 0.2) is 29.7 Å². The molecule has 16 heavy (non-hydrogen) atoms. The van der Waals surface area contributed by atoms with Crippen LogP contribution in [0.25, 0.3) is 0 Å². The van der Waals surface area contributed by atoms with Crippen molar-refractivity contribution in [1.82, 2.24) is 0 Å². The minimum Gasteiger partial charge on any atom is -0.378 e. The third-order valence-corrected chi connectivity index (χ3v) is 4.27. The van der Waals surface area contributed by atoms with Crippen LogP contribution in [-0.4, -0.2) is 20.2 Å². The molecule has 1 aliphatic rings. The Morgan fingerprint density at radius 1 is 1.31 bits per heavy atom. The molecule has 0 fully saturated rings. The van der Waals surface area contributed by atoms with Crippen LogP contribution < -0.4 is 5.32 Å². The molecule has 0 spiro atoms. The Morgan fingerprint density at radius 3 is 2.69 bits per heavy atom. The highest BCUT2D eigenvalue weighted by molar-refractivity contribution is 7.94. The number of anilines is 1. The third-order valence-electron chi connectivity index (χ3n) is 2.88. The first-order valence-electron chi connectivity index (χ1n) is 5.22. The van der Waals surface area contributed by atoms with E-state index in [-0.39, 0.29) is 11.8 Å². The lowest BCUT2D eigenvalue weighted by atomic mass is 10.1. The molecule has 1 atom stereocenters. The van der Waals surface area contributed by atoms with Crippen molar-refractivity contribution in [2.45, 2.75) is 19.9 Å². The summed E-state index contributed by atoms with van der Waals surface area (Å²) in [6, 6.07) is 5.88. The van der Waals surface area contributed by atoms with Crippen LogP contribution in [0.1, 0.15) is 11.1 Å². The molecule has 0 saturated heterocycles. The Balaban J connectivity index is 2.17. The number of hydrogen-bond acceptors (Lipinski definition) is 3. The van der Waals surface area contributed by atoms with E-state index in [4.69, 9.17) is 0 Å². The summed E-state index contributed by atoms with van der Waals surface area (Å²) in [5.41, 5.74) is 3.38. The van der Waals surface area contributed by atoms with Crippen LogP contribution in [0.3, 0.4) is 0 Å². The van der Waals surface area contributed by atoms with Crippen LogP contribution in [0.5, 0.6) is 0 Å². The van der Waals surface area contributed by atoms with E-state index in [9.17, 15) is 8.42 Å². The van der Waals surface area contributed by atoms with E-state index < -0.39 is 9.84 Å². The van der Waals surface area contributed by atoms with Gasteiger partial charge in [-0.05, 0) is 31.0 Å². The van der Waals surface area contributed by atoms with E-state index in [0.29, 0.717) is 0 Å². The minimum absolute atomic E-state index is 0.106. The molecule has 0 aromatic heterocycles. The maximum atomic E-state index is 11.3. The molecule has 1 N–H and O–H groups in total. The summed E-state index contributed by atoms with van der Waals surface area (Å²) in [4.78, 5) is 0. The van der Waals surface area contributed by atoms with Crippen molar-refractivity contribution in [3.63, 3.8) is 0 Å². The Labute approximate surface area is 96.1 Å². The predicted molar refractivity (Wildman–Crippen MR) is 66.3 cm³/mol. The standard InChI is InChI=1S/C12H15NO2S/c1-9-4-3-5-12(10(9)2)13-11-6-7-16(14,15)8-11/h3-7,11,13H,8H2,1-2H3/t11-/m0/s1. The lowest BCUT2D eigenvalue weighted by Gasteiger charge is -2.15. The zero-order valence-corrected chi connectivity index (χ0v) is 10.2. The molecule has 1 aromatic carbocycles. The molecular weight excluding hydrogens is 222 g/mol. The largest absolute Gasteiger partial charge is 0.378 e. The molecule has 0 saturated carbocycles. The Bertz CT molecular complexity index is 532. The maximum Gasteiger partial charge on any atom is 0.173 e. The lowest BCUT2D eigenvalue weighted by molar-refractivity contribution is 0.605. The van der Waals surface area contributed by atoms with Crippen LogP contribution in [-0.2, 0) is 9.84 Å². The van der Waals surface area contributed by atoms with Gasteiger partial charge in [0.15, 0.2) is 9.84 Å². The first-order valence-corrected chi connectivity index (χ1v) is 6.93. The van der Waals surface area contributed by atoms with E-state index >= 15 is 0 Å². The minimum atomic E-state index is -2.98. The van der Waals surface area contributed by atoms with Crippen LogP contribution >= 0.6 is 0 Å². The average Bonchev–Trinajstić information content (AvgIpc) is 2.53. The van der Waals surface area contributed by atoms with Crippen molar-refractivity contribution in [3.05, 3.63) is 40.8 Å². The van der Waals surface area contributed by atoms with Gasteiger partial charge < -0.3 is 5.32 Å².